The number of ether oxygens (including phenoxy) is 1. The molecular weight excluding hydrogens is 260 g/mol. The number of nitrogens with zero attached hydrogens (tertiary/aromatic N) is 1. The van der Waals surface area contributed by atoms with Crippen molar-refractivity contribution in [1.82, 2.24) is 4.73 Å². The summed E-state index contributed by atoms with van der Waals surface area (Å²) in [4.78, 5) is 12.2. The number of methoxy groups -OCH3 is 1. The molecule has 1 aliphatic heterocycles. The Morgan fingerprint density at radius 2 is 2.25 bits per heavy atom. The molecule has 2 heterocycles. The number of anilines is 1. The van der Waals surface area contributed by atoms with E-state index in [9.17, 15) is 15.1 Å². The first-order valence-electron chi connectivity index (χ1n) is 6.50. The van der Waals surface area contributed by atoms with E-state index in [-0.39, 0.29) is 6.61 Å². The molecule has 0 radical (unpaired) electrons. The van der Waals surface area contributed by atoms with Crippen LogP contribution in [0.15, 0.2) is 16.9 Å². The normalized spacial score (nSPS) is 13.9. The zero-order valence-electron chi connectivity index (χ0n) is 11.1. The van der Waals surface area contributed by atoms with E-state index in [0.29, 0.717) is 38.9 Å². The van der Waals surface area contributed by atoms with Gasteiger partial charge in [-0.25, -0.2) is 0 Å². The predicted octanol–water partition coefficient (Wildman–Crippen LogP) is 1.10. The minimum atomic E-state index is -0.420. The molecular formula is C14H16N2O4. The highest BCUT2D eigenvalue weighted by molar-refractivity contribution is 5.98. The third-order valence-corrected chi connectivity index (χ3v) is 3.68. The molecule has 0 fully saturated rings. The smallest absolute Gasteiger partial charge is 0.288 e. The van der Waals surface area contributed by atoms with Crippen LogP contribution in [0.25, 0.3) is 10.9 Å². The second-order valence-corrected chi connectivity index (χ2v) is 4.85. The molecule has 3 rings (SSSR count). The average molecular weight is 276 g/mol. The molecule has 1 aliphatic rings. The lowest BCUT2D eigenvalue weighted by Gasteiger charge is -2.22. The summed E-state index contributed by atoms with van der Waals surface area (Å²) in [6, 6.07) is 3.30. The van der Waals surface area contributed by atoms with Gasteiger partial charge in [-0.15, -0.1) is 4.73 Å². The fourth-order valence-corrected chi connectivity index (χ4v) is 2.73. The molecule has 1 aromatic heterocycles. The SMILES string of the molecule is COc1cc(CO)cc2c1c1c(c(=O)n2O)CCCN1. The van der Waals surface area contributed by atoms with Gasteiger partial charge in [0.05, 0.1) is 30.3 Å². The highest BCUT2D eigenvalue weighted by Gasteiger charge is 2.22. The van der Waals surface area contributed by atoms with E-state index in [2.05, 4.69) is 5.32 Å². The summed E-state index contributed by atoms with van der Waals surface area (Å²) in [5.74, 6) is 0.528. The van der Waals surface area contributed by atoms with Crippen LogP contribution < -0.4 is 15.6 Å². The number of aromatic nitrogens is 1. The van der Waals surface area contributed by atoms with Crippen molar-refractivity contribution in [3.05, 3.63) is 33.6 Å². The van der Waals surface area contributed by atoms with Crippen LogP contribution >= 0.6 is 0 Å². The Hall–Kier alpha value is -2.21. The van der Waals surface area contributed by atoms with E-state index in [1.807, 2.05) is 0 Å². The van der Waals surface area contributed by atoms with Gasteiger partial charge in [0.1, 0.15) is 5.75 Å². The predicted molar refractivity (Wildman–Crippen MR) is 74.7 cm³/mol. The highest BCUT2D eigenvalue weighted by Crippen LogP contribution is 2.36. The number of fused-ring (bicyclic) bond motifs is 3. The van der Waals surface area contributed by atoms with Crippen molar-refractivity contribution in [2.75, 3.05) is 19.0 Å². The molecule has 0 spiro atoms. The first kappa shape index (κ1) is 12.8. The van der Waals surface area contributed by atoms with Crippen LogP contribution in [0.1, 0.15) is 17.5 Å². The van der Waals surface area contributed by atoms with Crippen molar-refractivity contribution in [3.8, 4) is 5.75 Å². The number of rotatable bonds is 2. The molecule has 0 saturated heterocycles. The van der Waals surface area contributed by atoms with Crippen molar-refractivity contribution in [3.63, 3.8) is 0 Å². The number of aliphatic hydroxyl groups excluding tert-OH is 1. The van der Waals surface area contributed by atoms with E-state index in [1.54, 1.807) is 12.1 Å². The summed E-state index contributed by atoms with van der Waals surface area (Å²) in [6.45, 7) is 0.590. The standard InChI is InChI=1S/C14H16N2O4/c1-20-11-6-8(7-17)5-10-12(11)13-9(3-2-4-15-13)14(18)16(10)19/h5-6,15,17,19H,2-4,7H2,1H3. The molecule has 6 nitrogen and oxygen atoms in total. The maximum atomic E-state index is 12.2. The summed E-state index contributed by atoms with van der Waals surface area (Å²) in [5, 5.41) is 23.3. The summed E-state index contributed by atoms with van der Waals surface area (Å²) in [7, 11) is 1.53. The van der Waals surface area contributed by atoms with Gasteiger partial charge in [0.15, 0.2) is 0 Å². The molecule has 3 N–H and O–H groups in total. The van der Waals surface area contributed by atoms with Crippen molar-refractivity contribution in [1.29, 1.82) is 0 Å². The summed E-state index contributed by atoms with van der Waals surface area (Å²) < 4.78 is 6.00. The first-order chi connectivity index (χ1) is 9.67. The van der Waals surface area contributed by atoms with Crippen LogP contribution in [0.5, 0.6) is 5.75 Å². The summed E-state index contributed by atoms with van der Waals surface area (Å²) in [5.41, 5.74) is 1.79. The summed E-state index contributed by atoms with van der Waals surface area (Å²) in [6.07, 6.45) is 1.48. The number of benzene rings is 1. The molecule has 0 bridgehead atoms. The second-order valence-electron chi connectivity index (χ2n) is 4.85. The third-order valence-electron chi connectivity index (χ3n) is 3.68. The molecule has 0 saturated carbocycles. The maximum absolute atomic E-state index is 12.2. The quantitative estimate of drug-likeness (QED) is 0.715. The van der Waals surface area contributed by atoms with Gasteiger partial charge in [0.2, 0.25) is 0 Å². The fraction of sp³-hybridized carbons (Fsp3) is 0.357. The van der Waals surface area contributed by atoms with Gasteiger partial charge in [0, 0.05) is 12.1 Å². The largest absolute Gasteiger partial charge is 0.496 e. The van der Waals surface area contributed by atoms with E-state index < -0.39 is 5.56 Å². The molecule has 1 aromatic carbocycles. The van der Waals surface area contributed by atoms with Gasteiger partial charge in [0.25, 0.3) is 5.56 Å². The van der Waals surface area contributed by atoms with Crippen molar-refractivity contribution in [2.24, 2.45) is 0 Å². The lowest BCUT2D eigenvalue weighted by molar-refractivity contribution is 0.187. The van der Waals surface area contributed by atoms with Crippen LogP contribution in [0.2, 0.25) is 0 Å². The number of pyridine rings is 1. The zero-order valence-corrected chi connectivity index (χ0v) is 11.1. The van der Waals surface area contributed by atoms with Crippen molar-refractivity contribution < 1.29 is 15.1 Å². The lowest BCUT2D eigenvalue weighted by Crippen LogP contribution is -2.28. The van der Waals surface area contributed by atoms with Crippen LogP contribution in [0, 0.1) is 0 Å². The van der Waals surface area contributed by atoms with E-state index in [0.717, 1.165) is 18.7 Å². The van der Waals surface area contributed by atoms with Crippen molar-refractivity contribution >= 4 is 16.6 Å². The van der Waals surface area contributed by atoms with E-state index >= 15 is 0 Å². The minimum absolute atomic E-state index is 0.189. The molecule has 106 valence electrons. The van der Waals surface area contributed by atoms with E-state index in [4.69, 9.17) is 4.74 Å². The number of hydrogen-bond donors (Lipinski definition) is 3. The second kappa shape index (κ2) is 4.72. The Kier molecular flexibility index (Phi) is 3.02. The summed E-state index contributed by atoms with van der Waals surface area (Å²) >= 11 is 0. The monoisotopic (exact) mass is 276 g/mol. The van der Waals surface area contributed by atoms with Gasteiger partial charge in [-0.2, -0.15) is 0 Å². The van der Waals surface area contributed by atoms with Crippen LogP contribution in [0.4, 0.5) is 5.69 Å². The Balaban J connectivity index is 2.48. The Labute approximate surface area is 115 Å². The topological polar surface area (TPSA) is 83.7 Å². The average Bonchev–Trinajstić information content (AvgIpc) is 2.51. The molecule has 6 heteroatoms. The Bertz CT molecular complexity index is 736. The van der Waals surface area contributed by atoms with E-state index in [1.165, 1.54) is 7.11 Å². The van der Waals surface area contributed by atoms with Gasteiger partial charge in [-0.05, 0) is 30.5 Å². The van der Waals surface area contributed by atoms with Gasteiger partial charge in [-0.3, -0.25) is 4.79 Å². The molecule has 0 atom stereocenters. The van der Waals surface area contributed by atoms with Crippen LogP contribution in [-0.4, -0.2) is 28.7 Å². The van der Waals surface area contributed by atoms with Gasteiger partial charge >= 0.3 is 0 Å². The number of hydrogen-bond acceptors (Lipinski definition) is 5. The highest BCUT2D eigenvalue weighted by atomic mass is 16.5. The Morgan fingerprint density at radius 1 is 1.45 bits per heavy atom. The van der Waals surface area contributed by atoms with Crippen LogP contribution in [-0.2, 0) is 13.0 Å². The first-order valence-corrected chi connectivity index (χ1v) is 6.50. The van der Waals surface area contributed by atoms with Gasteiger partial charge < -0.3 is 20.4 Å². The van der Waals surface area contributed by atoms with Crippen LogP contribution in [0.3, 0.4) is 0 Å². The molecule has 0 aliphatic carbocycles. The van der Waals surface area contributed by atoms with Gasteiger partial charge in [-0.1, -0.05) is 0 Å². The minimum Gasteiger partial charge on any atom is -0.496 e. The number of nitrogens with one attached hydrogen (secondary N) is 1. The third kappa shape index (κ3) is 1.72. The molecule has 2 aromatic rings. The Morgan fingerprint density at radius 3 is 2.95 bits per heavy atom. The fourth-order valence-electron chi connectivity index (χ4n) is 2.73. The maximum Gasteiger partial charge on any atom is 0.288 e. The molecule has 0 unspecified atom stereocenters. The van der Waals surface area contributed by atoms with Crippen molar-refractivity contribution in [2.45, 2.75) is 19.4 Å². The molecule has 20 heavy (non-hydrogen) atoms. The number of aliphatic hydroxyl groups is 1. The zero-order chi connectivity index (χ0) is 14.3. The molecule has 0 amide bonds. The lowest BCUT2D eigenvalue weighted by atomic mass is 10.00.